The van der Waals surface area contributed by atoms with Crippen molar-refractivity contribution in [1.29, 1.82) is 0 Å². The van der Waals surface area contributed by atoms with Gasteiger partial charge in [-0.1, -0.05) is 53.4 Å². The van der Waals surface area contributed by atoms with Crippen molar-refractivity contribution >= 4 is 34.1 Å². The van der Waals surface area contributed by atoms with Crippen LogP contribution in [0.2, 0.25) is 0 Å². The number of aryl methyl sites for hydroxylation is 1. The van der Waals surface area contributed by atoms with Crippen LogP contribution in [0.15, 0.2) is 41.7 Å². The predicted octanol–water partition coefficient (Wildman–Crippen LogP) is 3.09. The van der Waals surface area contributed by atoms with Crippen molar-refractivity contribution in [2.75, 3.05) is 24.8 Å². The van der Waals surface area contributed by atoms with Gasteiger partial charge < -0.3 is 9.30 Å². The minimum atomic E-state index is -0.131. The maximum Gasteiger partial charge on any atom is 0.236 e. The van der Waals surface area contributed by atoms with Crippen LogP contribution in [0.25, 0.3) is 11.3 Å². The van der Waals surface area contributed by atoms with Gasteiger partial charge >= 0.3 is 0 Å². The van der Waals surface area contributed by atoms with Crippen molar-refractivity contribution in [1.82, 2.24) is 19.7 Å². The first-order chi connectivity index (χ1) is 12.7. The maximum atomic E-state index is 12.1. The van der Waals surface area contributed by atoms with Gasteiger partial charge in [0.1, 0.15) is 5.01 Å². The van der Waals surface area contributed by atoms with Gasteiger partial charge in [0.15, 0.2) is 5.16 Å². The number of nitrogens with one attached hydrogen (secondary N) is 1. The van der Waals surface area contributed by atoms with Crippen LogP contribution in [-0.2, 0) is 16.1 Å². The molecule has 0 aliphatic carbocycles. The molecule has 1 aromatic carbocycles. The molecule has 0 fully saturated rings. The first-order valence-electron chi connectivity index (χ1n) is 8.00. The van der Waals surface area contributed by atoms with Crippen LogP contribution >= 0.6 is 23.1 Å². The number of thioether (sulfide) groups is 1. The van der Waals surface area contributed by atoms with E-state index in [9.17, 15) is 4.79 Å². The van der Waals surface area contributed by atoms with Crippen molar-refractivity contribution in [3.8, 4) is 11.3 Å². The van der Waals surface area contributed by atoms with Gasteiger partial charge in [-0.25, -0.2) is 4.98 Å². The van der Waals surface area contributed by atoms with Crippen LogP contribution < -0.4 is 5.32 Å². The highest BCUT2D eigenvalue weighted by atomic mass is 32.2. The highest BCUT2D eigenvalue weighted by Gasteiger charge is 2.14. The lowest BCUT2D eigenvalue weighted by Gasteiger charge is -2.11. The second-order valence-electron chi connectivity index (χ2n) is 5.40. The average molecular weight is 390 g/mol. The Bertz CT molecular complexity index is 863. The molecule has 0 unspecified atom stereocenters. The van der Waals surface area contributed by atoms with Gasteiger partial charge in [-0.15, -0.1) is 10.2 Å². The molecule has 9 heteroatoms. The van der Waals surface area contributed by atoms with Gasteiger partial charge in [-0.05, 0) is 12.5 Å². The van der Waals surface area contributed by atoms with Crippen LogP contribution in [0, 0.1) is 6.92 Å². The highest BCUT2D eigenvalue weighted by Crippen LogP contribution is 2.26. The highest BCUT2D eigenvalue weighted by molar-refractivity contribution is 7.99. The largest absolute Gasteiger partial charge is 0.383 e. The smallest absolute Gasteiger partial charge is 0.236 e. The van der Waals surface area contributed by atoms with E-state index in [1.165, 1.54) is 23.1 Å². The molecule has 1 amide bonds. The fourth-order valence-electron chi connectivity index (χ4n) is 2.34. The third kappa shape index (κ3) is 4.69. The van der Waals surface area contributed by atoms with E-state index < -0.39 is 0 Å². The monoisotopic (exact) mass is 389 g/mol. The van der Waals surface area contributed by atoms with Crippen molar-refractivity contribution in [3.63, 3.8) is 0 Å². The third-order valence-electron chi connectivity index (χ3n) is 3.51. The first kappa shape index (κ1) is 18.6. The van der Waals surface area contributed by atoms with E-state index >= 15 is 0 Å². The molecule has 0 radical (unpaired) electrons. The second-order valence-corrected chi connectivity index (χ2v) is 7.52. The molecule has 0 bridgehead atoms. The number of benzene rings is 1. The van der Waals surface area contributed by atoms with E-state index in [1.807, 2.05) is 43.5 Å². The molecular weight excluding hydrogens is 370 g/mol. The van der Waals surface area contributed by atoms with Crippen LogP contribution in [0.5, 0.6) is 0 Å². The molecule has 3 aromatic rings. The number of carbonyl (C=O) groups is 1. The standard InChI is InChI=1S/C17H19N5O2S2/c1-12-20-21-16(26-12)19-15(23)11-25-17-18-10-14(22(17)8-9-24-2)13-6-4-3-5-7-13/h3-7,10H,8-9,11H2,1-2H3,(H,19,21,23). The minimum absolute atomic E-state index is 0.131. The normalized spacial score (nSPS) is 10.8. The number of amides is 1. The summed E-state index contributed by atoms with van der Waals surface area (Å²) >= 11 is 2.74. The fourth-order valence-corrected chi connectivity index (χ4v) is 3.76. The van der Waals surface area contributed by atoms with Gasteiger partial charge in [-0.3, -0.25) is 10.1 Å². The number of imidazole rings is 1. The molecule has 3 rings (SSSR count). The molecule has 0 aliphatic rings. The van der Waals surface area contributed by atoms with E-state index in [2.05, 4.69) is 25.1 Å². The zero-order valence-corrected chi connectivity index (χ0v) is 16.1. The van der Waals surface area contributed by atoms with E-state index in [-0.39, 0.29) is 11.7 Å². The van der Waals surface area contributed by atoms with Crippen LogP contribution in [0.1, 0.15) is 5.01 Å². The van der Waals surface area contributed by atoms with Gasteiger partial charge in [-0.2, -0.15) is 0 Å². The lowest BCUT2D eigenvalue weighted by Crippen LogP contribution is -2.15. The number of hydrogen-bond acceptors (Lipinski definition) is 7. The molecule has 136 valence electrons. The Labute approximate surface area is 159 Å². The Balaban J connectivity index is 1.70. The van der Waals surface area contributed by atoms with Crippen molar-refractivity contribution < 1.29 is 9.53 Å². The number of hydrogen-bond donors (Lipinski definition) is 1. The zero-order valence-electron chi connectivity index (χ0n) is 14.5. The van der Waals surface area contributed by atoms with Crippen LogP contribution in [0.4, 0.5) is 5.13 Å². The van der Waals surface area contributed by atoms with Gasteiger partial charge in [0.25, 0.3) is 0 Å². The van der Waals surface area contributed by atoms with Gasteiger partial charge in [0, 0.05) is 13.7 Å². The summed E-state index contributed by atoms with van der Waals surface area (Å²) in [5.41, 5.74) is 2.09. The molecule has 26 heavy (non-hydrogen) atoms. The van der Waals surface area contributed by atoms with Gasteiger partial charge in [0.2, 0.25) is 11.0 Å². The van der Waals surface area contributed by atoms with Crippen LogP contribution in [0.3, 0.4) is 0 Å². The summed E-state index contributed by atoms with van der Waals surface area (Å²) in [4.78, 5) is 16.6. The predicted molar refractivity (Wildman–Crippen MR) is 104 cm³/mol. The molecule has 0 atom stereocenters. The lowest BCUT2D eigenvalue weighted by molar-refractivity contribution is -0.113. The van der Waals surface area contributed by atoms with E-state index in [0.717, 1.165) is 21.4 Å². The number of ether oxygens (including phenoxy) is 1. The molecule has 1 N–H and O–H groups in total. The Morgan fingerprint density at radius 2 is 2.12 bits per heavy atom. The number of anilines is 1. The third-order valence-corrected chi connectivity index (χ3v) is 5.26. The van der Waals surface area contributed by atoms with Crippen molar-refractivity contribution in [3.05, 3.63) is 41.5 Å². The van der Waals surface area contributed by atoms with Crippen LogP contribution in [-0.4, -0.2) is 45.1 Å². The van der Waals surface area contributed by atoms with E-state index in [0.29, 0.717) is 18.3 Å². The second kappa shape index (κ2) is 8.93. The van der Waals surface area contributed by atoms with Crippen molar-refractivity contribution in [2.24, 2.45) is 0 Å². The summed E-state index contributed by atoms with van der Waals surface area (Å²) in [5, 5.41) is 12.7. The molecular formula is C17H19N5O2S2. The van der Waals surface area contributed by atoms with E-state index in [4.69, 9.17) is 4.74 Å². The SMILES string of the molecule is COCCn1c(-c2ccccc2)cnc1SCC(=O)Nc1nnc(C)s1. The Morgan fingerprint density at radius 1 is 1.31 bits per heavy atom. The molecule has 0 saturated carbocycles. The van der Waals surface area contributed by atoms with Crippen molar-refractivity contribution in [2.45, 2.75) is 18.6 Å². The first-order valence-corrected chi connectivity index (χ1v) is 9.80. The number of nitrogens with zero attached hydrogens (tertiary/aromatic N) is 4. The zero-order chi connectivity index (χ0) is 18.4. The van der Waals surface area contributed by atoms with E-state index in [1.54, 1.807) is 7.11 Å². The number of aromatic nitrogens is 4. The maximum absolute atomic E-state index is 12.1. The average Bonchev–Trinajstić information content (AvgIpc) is 3.24. The summed E-state index contributed by atoms with van der Waals surface area (Å²) in [5.74, 6) is 0.116. The summed E-state index contributed by atoms with van der Waals surface area (Å²) in [6.45, 7) is 3.08. The lowest BCUT2D eigenvalue weighted by atomic mass is 10.2. The Morgan fingerprint density at radius 3 is 2.81 bits per heavy atom. The molecule has 2 aromatic heterocycles. The number of methoxy groups -OCH3 is 1. The summed E-state index contributed by atoms with van der Waals surface area (Å²) in [6, 6.07) is 10.0. The number of carbonyl (C=O) groups excluding carboxylic acids is 1. The van der Waals surface area contributed by atoms with Gasteiger partial charge in [0.05, 0.1) is 24.3 Å². The summed E-state index contributed by atoms with van der Waals surface area (Å²) in [7, 11) is 1.67. The number of rotatable bonds is 8. The molecule has 2 heterocycles. The minimum Gasteiger partial charge on any atom is -0.383 e. The Kier molecular flexibility index (Phi) is 6.37. The Hall–Kier alpha value is -2.23. The molecule has 0 aliphatic heterocycles. The summed E-state index contributed by atoms with van der Waals surface area (Å²) < 4.78 is 7.29. The quantitative estimate of drug-likeness (QED) is 0.596. The fraction of sp³-hybridized carbons (Fsp3) is 0.294. The topological polar surface area (TPSA) is 81.9 Å². The molecule has 7 nitrogen and oxygen atoms in total. The summed E-state index contributed by atoms with van der Waals surface area (Å²) in [6.07, 6.45) is 1.83. The molecule has 0 spiro atoms. The molecule has 0 saturated heterocycles.